The summed E-state index contributed by atoms with van der Waals surface area (Å²) in [5.74, 6) is 1.97. The van der Waals surface area contributed by atoms with Gasteiger partial charge in [-0.25, -0.2) is 9.67 Å². The third-order valence-electron chi connectivity index (χ3n) is 2.93. The van der Waals surface area contributed by atoms with E-state index in [0.29, 0.717) is 0 Å². The quantitative estimate of drug-likeness (QED) is 0.830. The third-order valence-corrected chi connectivity index (χ3v) is 2.93. The standard InChI is InChI=1S/C12H21N3O/c1-12(2,3)7-10-13-11-6-4-5-9(8-16)15(11)14-10/h9,16H,4-8H2,1-3H3. The molecule has 0 fully saturated rings. The molecule has 0 spiro atoms. The second kappa shape index (κ2) is 4.17. The first kappa shape index (κ1) is 11.6. The van der Waals surface area contributed by atoms with Crippen molar-refractivity contribution in [2.45, 2.75) is 52.5 Å². The number of nitrogens with zero attached hydrogens (tertiary/aromatic N) is 3. The summed E-state index contributed by atoms with van der Waals surface area (Å²) in [6, 6.07) is 0.143. The second-order valence-electron chi connectivity index (χ2n) is 5.85. The number of hydrogen-bond donors (Lipinski definition) is 1. The number of aliphatic hydroxyl groups is 1. The molecule has 0 bridgehead atoms. The molecule has 2 rings (SSSR count). The summed E-state index contributed by atoms with van der Waals surface area (Å²) in [7, 11) is 0. The fraction of sp³-hybridized carbons (Fsp3) is 0.833. The molecule has 1 aliphatic rings. The van der Waals surface area contributed by atoms with E-state index in [0.717, 1.165) is 37.3 Å². The molecule has 0 aromatic carbocycles. The molecule has 1 N–H and O–H groups in total. The lowest BCUT2D eigenvalue weighted by Gasteiger charge is -2.21. The topological polar surface area (TPSA) is 50.9 Å². The third kappa shape index (κ3) is 2.43. The van der Waals surface area contributed by atoms with Crippen molar-refractivity contribution in [1.82, 2.24) is 14.8 Å². The normalized spacial score (nSPS) is 20.9. The van der Waals surface area contributed by atoms with E-state index >= 15 is 0 Å². The van der Waals surface area contributed by atoms with E-state index in [4.69, 9.17) is 0 Å². The largest absolute Gasteiger partial charge is 0.394 e. The van der Waals surface area contributed by atoms with Gasteiger partial charge >= 0.3 is 0 Å². The average Bonchev–Trinajstić information content (AvgIpc) is 2.56. The molecule has 1 atom stereocenters. The Morgan fingerprint density at radius 2 is 2.19 bits per heavy atom. The van der Waals surface area contributed by atoms with Crippen LogP contribution >= 0.6 is 0 Å². The maximum Gasteiger partial charge on any atom is 0.151 e. The van der Waals surface area contributed by atoms with Crippen molar-refractivity contribution >= 4 is 0 Å². The summed E-state index contributed by atoms with van der Waals surface area (Å²) in [4.78, 5) is 4.58. The van der Waals surface area contributed by atoms with Crippen molar-refractivity contribution in [3.63, 3.8) is 0 Å². The molecule has 4 nitrogen and oxygen atoms in total. The Hall–Kier alpha value is -0.900. The van der Waals surface area contributed by atoms with E-state index < -0.39 is 0 Å². The number of aryl methyl sites for hydroxylation is 1. The van der Waals surface area contributed by atoms with Crippen LogP contribution in [0.15, 0.2) is 0 Å². The highest BCUT2D eigenvalue weighted by Crippen LogP contribution is 2.25. The Balaban J connectivity index is 2.22. The maximum absolute atomic E-state index is 9.29. The van der Waals surface area contributed by atoms with Crippen LogP contribution in [-0.2, 0) is 12.8 Å². The molecule has 2 heterocycles. The zero-order valence-corrected chi connectivity index (χ0v) is 10.4. The molecule has 16 heavy (non-hydrogen) atoms. The van der Waals surface area contributed by atoms with Crippen LogP contribution < -0.4 is 0 Å². The van der Waals surface area contributed by atoms with E-state index in [1.54, 1.807) is 0 Å². The van der Waals surface area contributed by atoms with Crippen molar-refractivity contribution in [3.8, 4) is 0 Å². The first-order valence-electron chi connectivity index (χ1n) is 6.05. The van der Waals surface area contributed by atoms with Gasteiger partial charge in [-0.1, -0.05) is 20.8 Å². The van der Waals surface area contributed by atoms with Crippen LogP contribution in [0.5, 0.6) is 0 Å². The van der Waals surface area contributed by atoms with Gasteiger partial charge in [0.05, 0.1) is 12.6 Å². The maximum atomic E-state index is 9.29. The van der Waals surface area contributed by atoms with Crippen molar-refractivity contribution in [3.05, 3.63) is 11.6 Å². The summed E-state index contributed by atoms with van der Waals surface area (Å²) < 4.78 is 1.94. The van der Waals surface area contributed by atoms with Gasteiger partial charge in [-0.3, -0.25) is 0 Å². The average molecular weight is 223 g/mol. The first-order valence-corrected chi connectivity index (χ1v) is 6.05. The first-order chi connectivity index (χ1) is 7.49. The number of fused-ring (bicyclic) bond motifs is 1. The molecule has 1 aromatic rings. The molecule has 0 amide bonds. The predicted octanol–water partition coefficient (Wildman–Crippen LogP) is 1.74. The molecule has 1 aliphatic heterocycles. The Morgan fingerprint density at radius 1 is 1.44 bits per heavy atom. The minimum atomic E-state index is 0.143. The van der Waals surface area contributed by atoms with Crippen molar-refractivity contribution in [2.75, 3.05) is 6.61 Å². The fourth-order valence-electron chi connectivity index (χ4n) is 2.20. The lowest BCUT2D eigenvalue weighted by atomic mass is 9.92. The molecule has 90 valence electrons. The fourth-order valence-corrected chi connectivity index (χ4v) is 2.20. The van der Waals surface area contributed by atoms with Gasteiger partial charge < -0.3 is 5.11 Å². The van der Waals surface area contributed by atoms with Crippen LogP contribution in [0.3, 0.4) is 0 Å². The number of hydrogen-bond acceptors (Lipinski definition) is 3. The SMILES string of the molecule is CC(C)(C)Cc1nc2n(n1)C(CO)CCC2. The summed E-state index contributed by atoms with van der Waals surface area (Å²) in [5, 5.41) is 13.8. The van der Waals surface area contributed by atoms with E-state index in [1.165, 1.54) is 0 Å². The Morgan fingerprint density at radius 3 is 2.81 bits per heavy atom. The van der Waals surface area contributed by atoms with Gasteiger partial charge in [0.1, 0.15) is 5.82 Å². The molecule has 4 heteroatoms. The molecule has 1 unspecified atom stereocenters. The minimum absolute atomic E-state index is 0.143. The van der Waals surface area contributed by atoms with E-state index in [1.807, 2.05) is 4.68 Å². The highest BCUT2D eigenvalue weighted by Gasteiger charge is 2.24. The highest BCUT2D eigenvalue weighted by molar-refractivity contribution is 5.00. The van der Waals surface area contributed by atoms with Crippen LogP contribution in [0, 0.1) is 5.41 Å². The summed E-state index contributed by atoms with van der Waals surface area (Å²) in [5.41, 5.74) is 0.215. The van der Waals surface area contributed by atoms with Gasteiger partial charge in [0, 0.05) is 12.8 Å². The highest BCUT2D eigenvalue weighted by atomic mass is 16.3. The van der Waals surface area contributed by atoms with Crippen LogP contribution in [0.25, 0.3) is 0 Å². The van der Waals surface area contributed by atoms with Gasteiger partial charge in [-0.05, 0) is 18.3 Å². The van der Waals surface area contributed by atoms with Gasteiger partial charge in [0.15, 0.2) is 5.82 Å². The monoisotopic (exact) mass is 223 g/mol. The van der Waals surface area contributed by atoms with Gasteiger partial charge in [0.25, 0.3) is 0 Å². The lowest BCUT2D eigenvalue weighted by Crippen LogP contribution is -2.22. The number of aliphatic hydroxyl groups excluding tert-OH is 1. The predicted molar refractivity (Wildman–Crippen MR) is 62.2 cm³/mol. The Labute approximate surface area is 96.7 Å². The second-order valence-corrected chi connectivity index (χ2v) is 5.85. The van der Waals surface area contributed by atoms with Crippen molar-refractivity contribution in [2.24, 2.45) is 5.41 Å². The Bertz CT molecular complexity index is 365. The van der Waals surface area contributed by atoms with Crippen LogP contribution in [0.1, 0.15) is 51.3 Å². The van der Waals surface area contributed by atoms with Crippen LogP contribution in [-0.4, -0.2) is 26.5 Å². The van der Waals surface area contributed by atoms with E-state index in [-0.39, 0.29) is 18.1 Å². The zero-order chi connectivity index (χ0) is 11.8. The van der Waals surface area contributed by atoms with Crippen LogP contribution in [0.4, 0.5) is 0 Å². The van der Waals surface area contributed by atoms with Crippen molar-refractivity contribution in [1.29, 1.82) is 0 Å². The van der Waals surface area contributed by atoms with Gasteiger partial charge in [-0.15, -0.1) is 0 Å². The van der Waals surface area contributed by atoms with Gasteiger partial charge in [0.2, 0.25) is 0 Å². The van der Waals surface area contributed by atoms with Crippen LogP contribution in [0.2, 0.25) is 0 Å². The molecule has 0 saturated heterocycles. The Kier molecular flexibility index (Phi) is 3.02. The van der Waals surface area contributed by atoms with Crippen molar-refractivity contribution < 1.29 is 5.11 Å². The van der Waals surface area contributed by atoms with Gasteiger partial charge in [-0.2, -0.15) is 5.10 Å². The van der Waals surface area contributed by atoms with E-state index in [9.17, 15) is 5.11 Å². The molecular weight excluding hydrogens is 202 g/mol. The molecule has 0 aliphatic carbocycles. The summed E-state index contributed by atoms with van der Waals surface area (Å²) in [6.07, 6.45) is 4.01. The smallest absolute Gasteiger partial charge is 0.151 e. The molecule has 0 radical (unpaired) electrons. The molecule has 1 aromatic heterocycles. The lowest BCUT2D eigenvalue weighted by molar-refractivity contribution is 0.194. The van der Waals surface area contributed by atoms with E-state index in [2.05, 4.69) is 30.9 Å². The summed E-state index contributed by atoms with van der Waals surface area (Å²) in [6.45, 7) is 6.74. The molecule has 0 saturated carbocycles. The number of aromatic nitrogens is 3. The zero-order valence-electron chi connectivity index (χ0n) is 10.4. The number of rotatable bonds is 2. The minimum Gasteiger partial charge on any atom is -0.394 e. The molecular formula is C12H21N3O. The summed E-state index contributed by atoms with van der Waals surface area (Å²) >= 11 is 0.